The highest BCUT2D eigenvalue weighted by atomic mass is 32.1. The molecule has 19 heavy (non-hydrogen) atoms. The van der Waals surface area contributed by atoms with Gasteiger partial charge in [0.15, 0.2) is 0 Å². The maximum absolute atomic E-state index is 5.24. The van der Waals surface area contributed by atoms with Crippen LogP contribution < -0.4 is 0 Å². The van der Waals surface area contributed by atoms with E-state index < -0.39 is 0 Å². The lowest BCUT2D eigenvalue weighted by atomic mass is 10.0. The van der Waals surface area contributed by atoms with Crippen molar-refractivity contribution in [3.05, 3.63) is 57.1 Å². The van der Waals surface area contributed by atoms with E-state index in [4.69, 9.17) is 12.2 Å². The number of rotatable bonds is 4. The molecule has 0 aliphatic heterocycles. The summed E-state index contributed by atoms with van der Waals surface area (Å²) in [6.45, 7) is 6.42. The maximum atomic E-state index is 5.24. The van der Waals surface area contributed by atoms with Crippen molar-refractivity contribution in [1.29, 1.82) is 0 Å². The van der Waals surface area contributed by atoms with Gasteiger partial charge in [0, 0.05) is 12.1 Å². The topological polar surface area (TPSA) is 28.7 Å². The highest BCUT2D eigenvalue weighted by Crippen LogP contribution is 2.12. The minimum Gasteiger partial charge on any atom is -0.347 e. The Morgan fingerprint density at radius 3 is 2.42 bits per heavy atom. The first-order valence-electron chi connectivity index (χ1n) is 6.73. The van der Waals surface area contributed by atoms with Crippen molar-refractivity contribution < 1.29 is 0 Å². The van der Waals surface area contributed by atoms with E-state index >= 15 is 0 Å². The molecule has 0 aliphatic carbocycles. The second-order valence-corrected chi connectivity index (χ2v) is 5.53. The first-order valence-corrected chi connectivity index (χ1v) is 7.14. The zero-order valence-electron chi connectivity index (χ0n) is 11.8. The number of benzene rings is 1. The largest absolute Gasteiger partial charge is 0.347 e. The molecule has 0 aliphatic rings. The van der Waals surface area contributed by atoms with Crippen LogP contribution in [0.15, 0.2) is 24.3 Å². The molecule has 0 saturated carbocycles. The maximum Gasteiger partial charge on any atom is 0.130 e. The Hall–Kier alpha value is -1.48. The monoisotopic (exact) mass is 272 g/mol. The van der Waals surface area contributed by atoms with E-state index in [1.165, 1.54) is 22.4 Å². The summed E-state index contributed by atoms with van der Waals surface area (Å²) in [5, 5.41) is 0. The number of nitrogens with one attached hydrogen (secondary N) is 1. The third-order valence-corrected chi connectivity index (χ3v) is 3.23. The van der Waals surface area contributed by atoms with Crippen LogP contribution in [-0.4, -0.2) is 9.97 Å². The Morgan fingerprint density at radius 2 is 1.79 bits per heavy atom. The second kappa shape index (κ2) is 6.11. The fourth-order valence-electron chi connectivity index (χ4n) is 2.42. The summed E-state index contributed by atoms with van der Waals surface area (Å²) in [7, 11) is 0. The number of hydrogen-bond donors (Lipinski definition) is 1. The average molecular weight is 272 g/mol. The van der Waals surface area contributed by atoms with Crippen LogP contribution >= 0.6 is 12.2 Å². The molecule has 0 unspecified atom stereocenters. The third-order valence-electron chi connectivity index (χ3n) is 3.02. The van der Waals surface area contributed by atoms with Gasteiger partial charge in [-0.05, 0) is 31.9 Å². The van der Waals surface area contributed by atoms with Gasteiger partial charge in [-0.25, -0.2) is 4.98 Å². The van der Waals surface area contributed by atoms with Gasteiger partial charge in [-0.15, -0.1) is 0 Å². The van der Waals surface area contributed by atoms with Crippen LogP contribution in [0.3, 0.4) is 0 Å². The highest BCUT2D eigenvalue weighted by molar-refractivity contribution is 7.71. The van der Waals surface area contributed by atoms with Crippen LogP contribution in [0.1, 0.15) is 41.6 Å². The van der Waals surface area contributed by atoms with E-state index in [1.807, 2.05) is 6.07 Å². The van der Waals surface area contributed by atoms with E-state index in [9.17, 15) is 0 Å². The summed E-state index contributed by atoms with van der Waals surface area (Å²) in [6.07, 6.45) is 2.94. The summed E-state index contributed by atoms with van der Waals surface area (Å²) >= 11 is 5.24. The van der Waals surface area contributed by atoms with Gasteiger partial charge in [0.05, 0.1) is 0 Å². The minimum absolute atomic E-state index is 0.682. The van der Waals surface area contributed by atoms with Gasteiger partial charge >= 0.3 is 0 Å². The van der Waals surface area contributed by atoms with Crippen molar-refractivity contribution in [1.82, 2.24) is 9.97 Å². The molecule has 1 heterocycles. The minimum atomic E-state index is 0.682. The number of aryl methyl sites for hydroxylation is 3. The van der Waals surface area contributed by atoms with Gasteiger partial charge in [-0.1, -0.05) is 54.9 Å². The molecule has 2 nitrogen and oxygen atoms in total. The molecular formula is C16H20N2S. The molecule has 0 spiro atoms. The lowest BCUT2D eigenvalue weighted by molar-refractivity contribution is 0.837. The molecular weight excluding hydrogens is 252 g/mol. The molecule has 2 aromatic rings. The summed E-state index contributed by atoms with van der Waals surface area (Å²) in [5.41, 5.74) is 5.04. The Balaban J connectivity index is 2.29. The molecule has 1 N–H and O–H groups in total. The van der Waals surface area contributed by atoms with Gasteiger partial charge in [0.2, 0.25) is 0 Å². The van der Waals surface area contributed by atoms with E-state index in [0.29, 0.717) is 4.64 Å². The quantitative estimate of drug-likeness (QED) is 0.841. The standard InChI is InChI=1S/C16H20N2S/c1-4-5-14-10-16(19)18-15(17-14)9-13-7-11(2)6-12(3)8-13/h6-8,10H,4-5,9H2,1-3H3,(H,17,18,19). The normalized spacial score (nSPS) is 10.7. The third kappa shape index (κ3) is 4.00. The van der Waals surface area contributed by atoms with Crippen LogP contribution in [-0.2, 0) is 12.8 Å². The van der Waals surface area contributed by atoms with E-state index in [-0.39, 0.29) is 0 Å². The van der Waals surface area contributed by atoms with Crippen molar-refractivity contribution >= 4 is 12.2 Å². The van der Waals surface area contributed by atoms with Crippen LogP contribution in [0.25, 0.3) is 0 Å². The van der Waals surface area contributed by atoms with Crippen LogP contribution in [0, 0.1) is 18.5 Å². The number of aromatic amines is 1. The van der Waals surface area contributed by atoms with Gasteiger partial charge in [0.1, 0.15) is 10.5 Å². The molecule has 0 amide bonds. The summed E-state index contributed by atoms with van der Waals surface area (Å²) < 4.78 is 0.682. The molecule has 0 atom stereocenters. The summed E-state index contributed by atoms with van der Waals surface area (Å²) in [5.74, 6) is 0.959. The molecule has 100 valence electrons. The zero-order chi connectivity index (χ0) is 13.8. The number of H-pyrrole nitrogens is 1. The zero-order valence-corrected chi connectivity index (χ0v) is 12.6. The van der Waals surface area contributed by atoms with Crippen molar-refractivity contribution in [2.75, 3.05) is 0 Å². The first-order chi connectivity index (χ1) is 9.06. The Morgan fingerprint density at radius 1 is 1.11 bits per heavy atom. The number of aromatic nitrogens is 2. The molecule has 1 aromatic carbocycles. The molecule has 1 aromatic heterocycles. The van der Waals surface area contributed by atoms with Gasteiger partial charge in [-0.3, -0.25) is 0 Å². The van der Waals surface area contributed by atoms with E-state index in [2.05, 4.69) is 48.9 Å². The van der Waals surface area contributed by atoms with Gasteiger partial charge in [-0.2, -0.15) is 0 Å². The molecule has 0 radical (unpaired) electrons. The lowest BCUT2D eigenvalue weighted by Gasteiger charge is -2.07. The van der Waals surface area contributed by atoms with Crippen molar-refractivity contribution in [3.8, 4) is 0 Å². The summed E-state index contributed by atoms with van der Waals surface area (Å²) in [4.78, 5) is 7.83. The SMILES string of the molecule is CCCc1cc(=S)nc(Cc2cc(C)cc(C)c2)[nH]1. The number of hydrogen-bond acceptors (Lipinski definition) is 2. The number of nitrogens with zero attached hydrogens (tertiary/aromatic N) is 1. The van der Waals surface area contributed by atoms with Crippen LogP contribution in [0.4, 0.5) is 0 Å². The van der Waals surface area contributed by atoms with Gasteiger partial charge < -0.3 is 4.98 Å². The predicted molar refractivity (Wildman–Crippen MR) is 82.1 cm³/mol. The molecule has 0 saturated heterocycles. The Labute approximate surface area is 119 Å². The van der Waals surface area contributed by atoms with E-state index in [0.717, 1.165) is 25.1 Å². The second-order valence-electron chi connectivity index (χ2n) is 5.11. The average Bonchev–Trinajstić information content (AvgIpc) is 2.26. The van der Waals surface area contributed by atoms with Crippen molar-refractivity contribution in [2.24, 2.45) is 0 Å². The lowest BCUT2D eigenvalue weighted by Crippen LogP contribution is -2.01. The van der Waals surface area contributed by atoms with Crippen LogP contribution in [0.2, 0.25) is 0 Å². The van der Waals surface area contributed by atoms with Crippen LogP contribution in [0.5, 0.6) is 0 Å². The molecule has 3 heteroatoms. The molecule has 2 rings (SSSR count). The summed E-state index contributed by atoms with van der Waals surface area (Å²) in [6, 6.07) is 8.56. The van der Waals surface area contributed by atoms with Gasteiger partial charge in [0.25, 0.3) is 0 Å². The highest BCUT2D eigenvalue weighted by Gasteiger charge is 2.02. The Bertz CT molecular complexity index is 609. The fraction of sp³-hybridized carbons (Fsp3) is 0.375. The predicted octanol–water partition coefficient (Wildman–Crippen LogP) is 4.30. The van der Waals surface area contributed by atoms with Crippen molar-refractivity contribution in [2.45, 2.75) is 40.0 Å². The van der Waals surface area contributed by atoms with E-state index in [1.54, 1.807) is 0 Å². The molecule has 0 bridgehead atoms. The van der Waals surface area contributed by atoms with Crippen molar-refractivity contribution in [3.63, 3.8) is 0 Å². The Kier molecular flexibility index (Phi) is 4.48. The smallest absolute Gasteiger partial charge is 0.130 e. The molecule has 0 fully saturated rings. The first kappa shape index (κ1) is 13.9. The fourth-order valence-corrected chi connectivity index (χ4v) is 2.67.